The summed E-state index contributed by atoms with van der Waals surface area (Å²) >= 11 is 0. The molecule has 0 amide bonds. The van der Waals surface area contributed by atoms with Gasteiger partial charge in [-0.2, -0.15) is 5.26 Å². The van der Waals surface area contributed by atoms with Crippen LogP contribution in [0.5, 0.6) is 0 Å². The second-order valence-corrected chi connectivity index (χ2v) is 4.93. The monoisotopic (exact) mass is 207 g/mol. The molecule has 2 heterocycles. The Bertz CT molecular complexity index is 250. The first-order chi connectivity index (χ1) is 7.28. The minimum absolute atomic E-state index is 0.162. The van der Waals surface area contributed by atoms with Crippen LogP contribution in [0, 0.1) is 11.3 Å². The third-order valence-electron chi connectivity index (χ3n) is 3.99. The molecule has 1 atom stereocenters. The summed E-state index contributed by atoms with van der Waals surface area (Å²) in [5, 5.41) is 12.8. The van der Waals surface area contributed by atoms with Crippen LogP contribution in [0.1, 0.15) is 39.0 Å². The van der Waals surface area contributed by atoms with Gasteiger partial charge >= 0.3 is 0 Å². The fourth-order valence-corrected chi connectivity index (χ4v) is 3.04. The highest BCUT2D eigenvalue weighted by Crippen LogP contribution is 2.31. The lowest BCUT2D eigenvalue weighted by Crippen LogP contribution is -2.58. The van der Waals surface area contributed by atoms with E-state index in [0.29, 0.717) is 6.04 Å². The van der Waals surface area contributed by atoms with E-state index in [0.717, 1.165) is 32.5 Å². The van der Waals surface area contributed by atoms with Crippen molar-refractivity contribution >= 4 is 0 Å². The molecule has 2 saturated heterocycles. The molecule has 2 aliphatic rings. The molecule has 0 aromatic carbocycles. The number of rotatable bonds is 1. The molecular weight excluding hydrogens is 186 g/mol. The molecular formula is C12H21N3. The standard InChI is InChI=1S/C12H21N3/c1-11-4-2-3-9-15(11)12(10-13)5-7-14-8-6-12/h11,14H,2-9H2,1H3. The third-order valence-corrected chi connectivity index (χ3v) is 3.99. The minimum atomic E-state index is -0.162. The SMILES string of the molecule is CC1CCCCN1C1(C#N)CCNCC1. The highest BCUT2D eigenvalue weighted by Gasteiger charge is 2.41. The van der Waals surface area contributed by atoms with Crippen molar-refractivity contribution in [3.05, 3.63) is 0 Å². The van der Waals surface area contributed by atoms with Gasteiger partial charge in [0.05, 0.1) is 6.07 Å². The molecule has 0 bridgehead atoms. The summed E-state index contributed by atoms with van der Waals surface area (Å²) in [5.74, 6) is 0. The summed E-state index contributed by atoms with van der Waals surface area (Å²) in [6.07, 6.45) is 5.84. The lowest BCUT2D eigenvalue weighted by molar-refractivity contribution is 0.0405. The van der Waals surface area contributed by atoms with Crippen LogP contribution in [0.4, 0.5) is 0 Å². The lowest BCUT2D eigenvalue weighted by Gasteiger charge is -2.47. The Labute approximate surface area is 92.4 Å². The molecule has 1 N–H and O–H groups in total. The summed E-state index contributed by atoms with van der Waals surface area (Å²) in [6.45, 7) is 5.39. The molecule has 0 radical (unpaired) electrons. The Morgan fingerprint density at radius 1 is 1.33 bits per heavy atom. The van der Waals surface area contributed by atoms with Gasteiger partial charge in [0.15, 0.2) is 0 Å². The lowest BCUT2D eigenvalue weighted by atomic mass is 9.84. The smallest absolute Gasteiger partial charge is 0.111 e. The Kier molecular flexibility index (Phi) is 3.28. The van der Waals surface area contributed by atoms with Crippen LogP contribution >= 0.6 is 0 Å². The van der Waals surface area contributed by atoms with E-state index in [4.69, 9.17) is 0 Å². The maximum atomic E-state index is 9.49. The molecule has 1 unspecified atom stereocenters. The quantitative estimate of drug-likeness (QED) is 0.708. The van der Waals surface area contributed by atoms with Crippen molar-refractivity contribution in [1.82, 2.24) is 10.2 Å². The highest BCUT2D eigenvalue weighted by molar-refractivity contribution is 5.12. The van der Waals surface area contributed by atoms with Crippen molar-refractivity contribution in [1.29, 1.82) is 5.26 Å². The molecule has 15 heavy (non-hydrogen) atoms. The first-order valence-electron chi connectivity index (χ1n) is 6.17. The minimum Gasteiger partial charge on any atom is -0.317 e. The maximum absolute atomic E-state index is 9.49. The molecule has 0 aliphatic carbocycles. The van der Waals surface area contributed by atoms with Crippen molar-refractivity contribution in [2.75, 3.05) is 19.6 Å². The molecule has 2 aliphatic heterocycles. The predicted octanol–water partition coefficient (Wildman–Crippen LogP) is 1.51. The Morgan fingerprint density at radius 3 is 2.67 bits per heavy atom. The van der Waals surface area contributed by atoms with Crippen molar-refractivity contribution in [3.63, 3.8) is 0 Å². The van der Waals surface area contributed by atoms with Gasteiger partial charge < -0.3 is 5.32 Å². The van der Waals surface area contributed by atoms with E-state index in [2.05, 4.69) is 23.2 Å². The van der Waals surface area contributed by atoms with Gasteiger partial charge in [-0.05, 0) is 52.2 Å². The maximum Gasteiger partial charge on any atom is 0.111 e. The summed E-state index contributed by atoms with van der Waals surface area (Å²) in [5.41, 5.74) is -0.162. The number of hydrogen-bond acceptors (Lipinski definition) is 3. The number of nitriles is 1. The van der Waals surface area contributed by atoms with Crippen LogP contribution in [0.2, 0.25) is 0 Å². The zero-order chi connectivity index (χ0) is 10.7. The fourth-order valence-electron chi connectivity index (χ4n) is 3.04. The third kappa shape index (κ3) is 2.02. The molecule has 0 saturated carbocycles. The van der Waals surface area contributed by atoms with Crippen LogP contribution in [0.3, 0.4) is 0 Å². The average molecular weight is 207 g/mol. The van der Waals surface area contributed by atoms with Gasteiger partial charge in [-0.1, -0.05) is 6.42 Å². The van der Waals surface area contributed by atoms with Gasteiger partial charge in [-0.25, -0.2) is 0 Å². The van der Waals surface area contributed by atoms with E-state index < -0.39 is 0 Å². The van der Waals surface area contributed by atoms with Gasteiger partial charge in [-0.3, -0.25) is 4.90 Å². The van der Waals surface area contributed by atoms with E-state index in [9.17, 15) is 5.26 Å². The van der Waals surface area contributed by atoms with Gasteiger partial charge in [0.1, 0.15) is 5.54 Å². The molecule has 84 valence electrons. The van der Waals surface area contributed by atoms with E-state index in [1.165, 1.54) is 19.3 Å². The molecule has 0 aromatic rings. The van der Waals surface area contributed by atoms with Crippen molar-refractivity contribution in [2.45, 2.75) is 50.6 Å². The second kappa shape index (κ2) is 4.51. The summed E-state index contributed by atoms with van der Waals surface area (Å²) in [7, 11) is 0. The summed E-state index contributed by atoms with van der Waals surface area (Å²) in [6, 6.07) is 3.20. The van der Waals surface area contributed by atoms with Gasteiger partial charge in [-0.15, -0.1) is 0 Å². The Hall–Kier alpha value is -0.590. The van der Waals surface area contributed by atoms with Crippen LogP contribution in [0.15, 0.2) is 0 Å². The van der Waals surface area contributed by atoms with Crippen molar-refractivity contribution < 1.29 is 0 Å². The van der Waals surface area contributed by atoms with Crippen LogP contribution in [-0.4, -0.2) is 36.1 Å². The van der Waals surface area contributed by atoms with E-state index >= 15 is 0 Å². The first kappa shape index (κ1) is 10.9. The average Bonchev–Trinajstić information content (AvgIpc) is 2.30. The number of piperidine rings is 2. The van der Waals surface area contributed by atoms with Crippen LogP contribution < -0.4 is 5.32 Å². The number of hydrogen-bond donors (Lipinski definition) is 1. The topological polar surface area (TPSA) is 39.1 Å². The molecule has 3 heteroatoms. The van der Waals surface area contributed by atoms with Crippen molar-refractivity contribution in [3.8, 4) is 6.07 Å². The Morgan fingerprint density at radius 2 is 2.07 bits per heavy atom. The first-order valence-corrected chi connectivity index (χ1v) is 6.17. The normalized spacial score (nSPS) is 32.1. The summed E-state index contributed by atoms with van der Waals surface area (Å²) in [4.78, 5) is 2.47. The van der Waals surface area contributed by atoms with Crippen LogP contribution in [0.25, 0.3) is 0 Å². The number of likely N-dealkylation sites (tertiary alicyclic amines) is 1. The number of nitrogens with zero attached hydrogens (tertiary/aromatic N) is 2. The fraction of sp³-hybridized carbons (Fsp3) is 0.917. The molecule has 3 nitrogen and oxygen atoms in total. The summed E-state index contributed by atoms with van der Waals surface area (Å²) < 4.78 is 0. The molecule has 2 fully saturated rings. The number of nitrogens with one attached hydrogen (secondary N) is 1. The molecule has 2 rings (SSSR count). The van der Waals surface area contributed by atoms with Gasteiger partial charge in [0.2, 0.25) is 0 Å². The predicted molar refractivity (Wildman–Crippen MR) is 60.5 cm³/mol. The zero-order valence-electron chi connectivity index (χ0n) is 9.63. The second-order valence-electron chi connectivity index (χ2n) is 4.93. The van der Waals surface area contributed by atoms with Crippen molar-refractivity contribution in [2.24, 2.45) is 0 Å². The Balaban J connectivity index is 2.13. The van der Waals surface area contributed by atoms with E-state index in [1.807, 2.05) is 0 Å². The van der Waals surface area contributed by atoms with E-state index in [-0.39, 0.29) is 5.54 Å². The highest BCUT2D eigenvalue weighted by atomic mass is 15.2. The van der Waals surface area contributed by atoms with Gasteiger partial charge in [0.25, 0.3) is 0 Å². The van der Waals surface area contributed by atoms with E-state index in [1.54, 1.807) is 0 Å². The zero-order valence-corrected chi connectivity index (χ0v) is 9.63. The van der Waals surface area contributed by atoms with Crippen LogP contribution in [-0.2, 0) is 0 Å². The largest absolute Gasteiger partial charge is 0.317 e. The molecule has 0 aromatic heterocycles. The molecule has 0 spiro atoms. The van der Waals surface area contributed by atoms with Gasteiger partial charge in [0, 0.05) is 6.04 Å².